The number of anilines is 1. The van der Waals surface area contributed by atoms with Gasteiger partial charge < -0.3 is 10.1 Å². The van der Waals surface area contributed by atoms with Gasteiger partial charge in [-0.15, -0.1) is 0 Å². The lowest BCUT2D eigenvalue weighted by molar-refractivity contribution is -0.384. The first-order valence-corrected chi connectivity index (χ1v) is 9.84. The molecule has 3 rings (SSSR count). The first kappa shape index (κ1) is 20.2. The van der Waals surface area contributed by atoms with Gasteiger partial charge in [0.2, 0.25) is 15.9 Å². The number of nitrogens with two attached hydrogens (primary N) is 1. The summed E-state index contributed by atoms with van der Waals surface area (Å²) in [6, 6.07) is 11.8. The van der Waals surface area contributed by atoms with Gasteiger partial charge in [0.1, 0.15) is 16.8 Å². The molecule has 0 saturated carbocycles. The molecule has 29 heavy (non-hydrogen) atoms. The van der Waals surface area contributed by atoms with Crippen LogP contribution in [0, 0.1) is 10.1 Å². The first-order valence-electron chi connectivity index (χ1n) is 8.29. The Labute approximate surface area is 166 Å². The first-order chi connectivity index (χ1) is 13.8. The molecule has 0 saturated heterocycles. The summed E-state index contributed by atoms with van der Waals surface area (Å²) in [5.74, 6) is 0.224. The van der Waals surface area contributed by atoms with E-state index in [1.807, 2.05) is 6.07 Å². The van der Waals surface area contributed by atoms with Crippen LogP contribution in [0.25, 0.3) is 11.1 Å². The predicted molar refractivity (Wildman–Crippen MR) is 106 cm³/mol. The quantitative estimate of drug-likeness (QED) is 0.441. The molecule has 10 nitrogen and oxygen atoms in total. The van der Waals surface area contributed by atoms with E-state index in [0.717, 1.165) is 12.4 Å². The molecule has 1 aromatic carbocycles. The van der Waals surface area contributed by atoms with Crippen molar-refractivity contribution in [3.63, 3.8) is 0 Å². The van der Waals surface area contributed by atoms with E-state index in [2.05, 4.69) is 15.3 Å². The second-order valence-electron chi connectivity index (χ2n) is 5.91. The van der Waals surface area contributed by atoms with Crippen LogP contribution < -0.4 is 15.2 Å². The van der Waals surface area contributed by atoms with E-state index in [1.54, 1.807) is 24.3 Å². The maximum absolute atomic E-state index is 11.6. The number of hydrogen-bond acceptors (Lipinski definition) is 8. The number of nitrogens with zero attached hydrogens (tertiary/aromatic N) is 3. The summed E-state index contributed by atoms with van der Waals surface area (Å²) in [6.45, 7) is 0.0960. The van der Waals surface area contributed by atoms with Crippen molar-refractivity contribution in [1.29, 1.82) is 0 Å². The minimum atomic E-state index is -3.85. The molecule has 150 valence electrons. The fraction of sp³-hybridized carbons (Fsp3) is 0.111. The molecule has 0 amide bonds. The standard InChI is InChI=1S/C18H17N5O5S/c1-28-18-16(12-5-3-2-4-6-12)17(15(11-22-18)23(24)25)21-9-13-7-8-14(10-20-13)29(19,26)27/h2-8,10-11H,9H2,1H3,(H,21,22)(H2,19,26,27). The number of pyridine rings is 2. The molecule has 11 heteroatoms. The molecule has 0 fully saturated rings. The van der Waals surface area contributed by atoms with Crippen molar-refractivity contribution in [2.75, 3.05) is 12.4 Å². The summed E-state index contributed by atoms with van der Waals surface area (Å²) in [5.41, 5.74) is 1.56. The molecule has 2 aromatic heterocycles. The number of primary sulfonamides is 1. The fourth-order valence-corrected chi connectivity index (χ4v) is 3.15. The Morgan fingerprint density at radius 1 is 1.14 bits per heavy atom. The molecular weight excluding hydrogens is 398 g/mol. The molecule has 0 unspecified atom stereocenters. The van der Waals surface area contributed by atoms with Crippen LogP contribution in [0.2, 0.25) is 0 Å². The molecule has 0 atom stereocenters. The van der Waals surface area contributed by atoms with Crippen LogP contribution in [-0.4, -0.2) is 30.4 Å². The highest BCUT2D eigenvalue weighted by Gasteiger charge is 2.24. The maximum Gasteiger partial charge on any atom is 0.311 e. The Kier molecular flexibility index (Phi) is 5.71. The van der Waals surface area contributed by atoms with Crippen molar-refractivity contribution in [2.24, 2.45) is 5.14 Å². The average molecular weight is 415 g/mol. The van der Waals surface area contributed by atoms with Crippen LogP contribution in [-0.2, 0) is 16.6 Å². The molecule has 0 radical (unpaired) electrons. The number of ether oxygens (including phenoxy) is 1. The molecule has 3 N–H and O–H groups in total. The average Bonchev–Trinajstić information content (AvgIpc) is 2.71. The van der Waals surface area contributed by atoms with Crippen LogP contribution in [0.5, 0.6) is 5.88 Å². The SMILES string of the molecule is COc1ncc([N+](=O)[O-])c(NCc2ccc(S(N)(=O)=O)cn2)c1-c1ccccc1. The lowest BCUT2D eigenvalue weighted by atomic mass is 10.0. The molecule has 0 spiro atoms. The zero-order valence-corrected chi connectivity index (χ0v) is 16.1. The zero-order valence-electron chi connectivity index (χ0n) is 15.3. The summed E-state index contributed by atoms with van der Waals surface area (Å²) in [4.78, 5) is 19.0. The van der Waals surface area contributed by atoms with Crippen molar-refractivity contribution in [2.45, 2.75) is 11.4 Å². The second-order valence-corrected chi connectivity index (χ2v) is 7.47. The third kappa shape index (κ3) is 4.47. The van der Waals surface area contributed by atoms with Crippen molar-refractivity contribution < 1.29 is 18.1 Å². The molecule has 2 heterocycles. The Balaban J connectivity index is 2.02. The largest absolute Gasteiger partial charge is 0.480 e. The van der Waals surface area contributed by atoms with E-state index < -0.39 is 14.9 Å². The van der Waals surface area contributed by atoms with Gasteiger partial charge in [-0.1, -0.05) is 30.3 Å². The summed E-state index contributed by atoms with van der Waals surface area (Å²) in [5, 5.41) is 19.6. The Hall–Kier alpha value is -3.57. The van der Waals surface area contributed by atoms with Crippen LogP contribution in [0.15, 0.2) is 59.8 Å². The third-order valence-electron chi connectivity index (χ3n) is 4.05. The van der Waals surface area contributed by atoms with Gasteiger partial charge in [-0.3, -0.25) is 15.1 Å². The lowest BCUT2D eigenvalue weighted by Gasteiger charge is -2.15. The van der Waals surface area contributed by atoms with E-state index >= 15 is 0 Å². The predicted octanol–water partition coefficient (Wildman–Crippen LogP) is 2.32. The number of aromatic nitrogens is 2. The van der Waals surface area contributed by atoms with E-state index in [1.165, 1.54) is 19.2 Å². The van der Waals surface area contributed by atoms with E-state index in [9.17, 15) is 18.5 Å². The van der Waals surface area contributed by atoms with Gasteiger partial charge in [0, 0.05) is 6.20 Å². The smallest absolute Gasteiger partial charge is 0.311 e. The van der Waals surface area contributed by atoms with Gasteiger partial charge in [-0.05, 0) is 17.7 Å². The Bertz CT molecular complexity index is 1140. The lowest BCUT2D eigenvalue weighted by Crippen LogP contribution is -2.13. The maximum atomic E-state index is 11.6. The number of methoxy groups -OCH3 is 1. The highest BCUT2D eigenvalue weighted by molar-refractivity contribution is 7.89. The highest BCUT2D eigenvalue weighted by Crippen LogP contribution is 2.41. The fourth-order valence-electron chi connectivity index (χ4n) is 2.69. The van der Waals surface area contributed by atoms with Gasteiger partial charge in [0.05, 0.1) is 29.8 Å². The van der Waals surface area contributed by atoms with Crippen molar-refractivity contribution in [3.8, 4) is 17.0 Å². The normalized spacial score (nSPS) is 11.1. The van der Waals surface area contributed by atoms with Crippen LogP contribution >= 0.6 is 0 Å². The van der Waals surface area contributed by atoms with Gasteiger partial charge in [-0.2, -0.15) is 0 Å². The van der Waals surface area contributed by atoms with Crippen molar-refractivity contribution in [1.82, 2.24) is 9.97 Å². The summed E-state index contributed by atoms with van der Waals surface area (Å²) in [7, 11) is -2.42. The second kappa shape index (κ2) is 8.20. The molecule has 0 bridgehead atoms. The van der Waals surface area contributed by atoms with Gasteiger partial charge in [-0.25, -0.2) is 18.5 Å². The summed E-state index contributed by atoms with van der Waals surface area (Å²) >= 11 is 0. The Morgan fingerprint density at radius 2 is 1.86 bits per heavy atom. The number of sulfonamides is 1. The minimum absolute atomic E-state index is 0.0960. The van der Waals surface area contributed by atoms with Crippen LogP contribution in [0.4, 0.5) is 11.4 Å². The van der Waals surface area contributed by atoms with Crippen molar-refractivity contribution >= 4 is 21.4 Å². The number of nitro groups is 1. The third-order valence-corrected chi connectivity index (χ3v) is 4.95. The summed E-state index contributed by atoms with van der Waals surface area (Å²) < 4.78 is 28.0. The minimum Gasteiger partial charge on any atom is -0.480 e. The molecule has 0 aliphatic carbocycles. The number of rotatable bonds is 7. The topological polar surface area (TPSA) is 150 Å². The molecule has 0 aliphatic rings. The van der Waals surface area contributed by atoms with Gasteiger partial charge in [0.15, 0.2) is 0 Å². The number of hydrogen-bond donors (Lipinski definition) is 2. The zero-order chi connectivity index (χ0) is 21.0. The van der Waals surface area contributed by atoms with Crippen molar-refractivity contribution in [3.05, 3.63) is 70.7 Å². The van der Waals surface area contributed by atoms with E-state index in [4.69, 9.17) is 9.88 Å². The highest BCUT2D eigenvalue weighted by atomic mass is 32.2. The molecule has 0 aliphatic heterocycles. The van der Waals surface area contributed by atoms with Gasteiger partial charge >= 0.3 is 5.69 Å². The number of nitrogens with one attached hydrogen (secondary N) is 1. The van der Waals surface area contributed by atoms with E-state index in [-0.39, 0.29) is 28.7 Å². The molecular formula is C18H17N5O5S. The van der Waals surface area contributed by atoms with Crippen LogP contribution in [0.3, 0.4) is 0 Å². The molecule has 3 aromatic rings. The van der Waals surface area contributed by atoms with E-state index in [0.29, 0.717) is 16.8 Å². The van der Waals surface area contributed by atoms with Crippen LogP contribution in [0.1, 0.15) is 5.69 Å². The number of benzene rings is 1. The summed E-state index contributed by atoms with van der Waals surface area (Å²) in [6.07, 6.45) is 2.25. The Morgan fingerprint density at radius 3 is 2.41 bits per heavy atom. The van der Waals surface area contributed by atoms with Gasteiger partial charge in [0.25, 0.3) is 0 Å². The monoisotopic (exact) mass is 415 g/mol.